The molecule has 0 saturated heterocycles. The smallest absolute Gasteiger partial charge is 0.347 e. The highest BCUT2D eigenvalue weighted by Gasteiger charge is 2.22. The van der Waals surface area contributed by atoms with Gasteiger partial charge in [0.25, 0.3) is 0 Å². The molecule has 0 bridgehead atoms. The fraction of sp³-hybridized carbons (Fsp3) is 0.0690. The molecule has 1 atom stereocenters. The quantitative estimate of drug-likeness (QED) is 0.201. The first kappa shape index (κ1) is 22.7. The molecule has 5 nitrogen and oxygen atoms in total. The zero-order valence-corrected chi connectivity index (χ0v) is 18.5. The van der Waals surface area contributed by atoms with Gasteiger partial charge in [-0.1, -0.05) is 78.9 Å². The second-order valence-corrected chi connectivity index (χ2v) is 7.66. The van der Waals surface area contributed by atoms with Gasteiger partial charge in [-0.15, -0.1) is 0 Å². The van der Waals surface area contributed by atoms with E-state index in [2.05, 4.69) is 0 Å². The molecule has 0 amide bonds. The van der Waals surface area contributed by atoms with Gasteiger partial charge in [0.05, 0.1) is 5.92 Å². The molecule has 4 rings (SSSR count). The van der Waals surface area contributed by atoms with Gasteiger partial charge in [0.1, 0.15) is 17.1 Å². The standard InChI is InChI=1S/C29H22O5/c1-20(22-13-10-14-23(19-22)27(30)21-11-4-2-5-12-21)28(31)34-26-18-9-8-17-25(26)29(32)33-24-15-6-3-7-16-24/h2-20H,1H3. The Morgan fingerprint density at radius 3 is 2.00 bits per heavy atom. The van der Waals surface area contributed by atoms with E-state index in [0.29, 0.717) is 22.4 Å². The molecule has 0 saturated carbocycles. The van der Waals surface area contributed by atoms with Crippen molar-refractivity contribution >= 4 is 17.7 Å². The summed E-state index contributed by atoms with van der Waals surface area (Å²) in [5, 5.41) is 0. The van der Waals surface area contributed by atoms with Crippen molar-refractivity contribution in [3.8, 4) is 11.5 Å². The Hall–Kier alpha value is -4.51. The normalized spacial score (nSPS) is 11.3. The second-order valence-electron chi connectivity index (χ2n) is 7.66. The van der Waals surface area contributed by atoms with Gasteiger partial charge in [-0.2, -0.15) is 0 Å². The van der Waals surface area contributed by atoms with Crippen LogP contribution in [0.25, 0.3) is 0 Å². The van der Waals surface area contributed by atoms with E-state index in [0.717, 1.165) is 0 Å². The van der Waals surface area contributed by atoms with Crippen molar-refractivity contribution in [3.63, 3.8) is 0 Å². The number of para-hydroxylation sites is 2. The Bertz CT molecular complexity index is 1310. The van der Waals surface area contributed by atoms with Crippen molar-refractivity contribution in [2.24, 2.45) is 0 Å². The van der Waals surface area contributed by atoms with Gasteiger partial charge in [0.2, 0.25) is 0 Å². The second kappa shape index (κ2) is 10.4. The summed E-state index contributed by atoms with van der Waals surface area (Å²) in [6.45, 7) is 1.69. The maximum atomic E-state index is 12.9. The summed E-state index contributed by atoms with van der Waals surface area (Å²) >= 11 is 0. The maximum absolute atomic E-state index is 12.9. The van der Waals surface area contributed by atoms with Crippen LogP contribution in [0.5, 0.6) is 11.5 Å². The van der Waals surface area contributed by atoms with E-state index in [4.69, 9.17) is 9.47 Å². The molecule has 0 spiro atoms. The number of hydrogen-bond donors (Lipinski definition) is 0. The lowest BCUT2D eigenvalue weighted by Gasteiger charge is -2.14. The number of benzene rings is 4. The van der Waals surface area contributed by atoms with E-state index in [1.165, 1.54) is 6.07 Å². The molecule has 0 aliphatic heterocycles. The zero-order valence-electron chi connectivity index (χ0n) is 18.5. The van der Waals surface area contributed by atoms with E-state index < -0.39 is 17.9 Å². The first-order valence-corrected chi connectivity index (χ1v) is 10.8. The highest BCUT2D eigenvalue weighted by Crippen LogP contribution is 2.25. The molecule has 0 N–H and O–H groups in total. The Morgan fingerprint density at radius 1 is 0.647 bits per heavy atom. The summed E-state index contributed by atoms with van der Waals surface area (Å²) in [4.78, 5) is 38.4. The van der Waals surface area contributed by atoms with Crippen molar-refractivity contribution in [1.29, 1.82) is 0 Å². The molecule has 0 aliphatic carbocycles. The lowest BCUT2D eigenvalue weighted by Crippen LogP contribution is -2.19. The summed E-state index contributed by atoms with van der Waals surface area (Å²) in [5.41, 5.74) is 1.83. The molecular formula is C29H22O5. The van der Waals surface area contributed by atoms with Crippen LogP contribution in [0.4, 0.5) is 0 Å². The van der Waals surface area contributed by atoms with Gasteiger partial charge in [-0.25, -0.2) is 4.79 Å². The fourth-order valence-corrected chi connectivity index (χ4v) is 3.41. The Kier molecular flexibility index (Phi) is 6.94. The van der Waals surface area contributed by atoms with Crippen LogP contribution in [0, 0.1) is 0 Å². The summed E-state index contributed by atoms with van der Waals surface area (Å²) < 4.78 is 11.0. The van der Waals surface area contributed by atoms with Gasteiger partial charge < -0.3 is 9.47 Å². The Morgan fingerprint density at radius 2 is 1.26 bits per heavy atom. The number of hydrogen-bond acceptors (Lipinski definition) is 5. The minimum Gasteiger partial charge on any atom is -0.425 e. The minimum absolute atomic E-state index is 0.108. The molecule has 0 heterocycles. The SMILES string of the molecule is CC(C(=O)Oc1ccccc1C(=O)Oc1ccccc1)c1cccc(C(=O)c2ccccc2)c1. The van der Waals surface area contributed by atoms with Gasteiger partial charge in [0, 0.05) is 11.1 Å². The molecule has 0 aliphatic rings. The number of esters is 2. The molecule has 168 valence electrons. The number of ketones is 1. The van der Waals surface area contributed by atoms with Crippen LogP contribution in [0.15, 0.2) is 109 Å². The molecule has 5 heteroatoms. The largest absolute Gasteiger partial charge is 0.425 e. The lowest BCUT2D eigenvalue weighted by molar-refractivity contribution is -0.135. The summed E-state index contributed by atoms with van der Waals surface area (Å²) in [7, 11) is 0. The van der Waals surface area contributed by atoms with E-state index >= 15 is 0 Å². The van der Waals surface area contributed by atoms with Crippen molar-refractivity contribution < 1.29 is 23.9 Å². The first-order chi connectivity index (χ1) is 16.5. The molecule has 0 radical (unpaired) electrons. The average Bonchev–Trinajstić information content (AvgIpc) is 2.89. The van der Waals surface area contributed by atoms with Crippen LogP contribution >= 0.6 is 0 Å². The van der Waals surface area contributed by atoms with Gasteiger partial charge in [-0.3, -0.25) is 9.59 Å². The van der Waals surface area contributed by atoms with E-state index in [1.54, 1.807) is 97.9 Å². The average molecular weight is 450 g/mol. The number of ether oxygens (including phenoxy) is 2. The molecule has 0 aromatic heterocycles. The van der Waals surface area contributed by atoms with E-state index in [1.807, 2.05) is 12.1 Å². The van der Waals surface area contributed by atoms with Crippen LogP contribution in [-0.2, 0) is 4.79 Å². The van der Waals surface area contributed by atoms with Crippen molar-refractivity contribution in [2.75, 3.05) is 0 Å². The fourth-order valence-electron chi connectivity index (χ4n) is 3.41. The molecule has 34 heavy (non-hydrogen) atoms. The predicted octanol–water partition coefficient (Wildman–Crippen LogP) is 5.85. The predicted molar refractivity (Wildman–Crippen MR) is 128 cm³/mol. The molecule has 0 fully saturated rings. The third-order valence-corrected chi connectivity index (χ3v) is 5.31. The van der Waals surface area contributed by atoms with Crippen molar-refractivity contribution in [1.82, 2.24) is 0 Å². The number of rotatable bonds is 7. The summed E-state index contributed by atoms with van der Waals surface area (Å²) in [6.07, 6.45) is 0. The van der Waals surface area contributed by atoms with Crippen molar-refractivity contribution in [2.45, 2.75) is 12.8 Å². The van der Waals surface area contributed by atoms with Crippen LogP contribution < -0.4 is 9.47 Å². The van der Waals surface area contributed by atoms with E-state index in [-0.39, 0.29) is 17.1 Å². The van der Waals surface area contributed by atoms with Crippen LogP contribution in [0.2, 0.25) is 0 Å². The highest BCUT2D eigenvalue weighted by molar-refractivity contribution is 6.09. The van der Waals surface area contributed by atoms with Crippen molar-refractivity contribution in [3.05, 3.63) is 131 Å². The summed E-state index contributed by atoms with van der Waals surface area (Å²) in [6, 6.07) is 30.9. The summed E-state index contributed by atoms with van der Waals surface area (Å²) in [5.74, 6) is -1.47. The van der Waals surface area contributed by atoms with Gasteiger partial charge in [-0.05, 0) is 42.8 Å². The molecule has 4 aromatic carbocycles. The topological polar surface area (TPSA) is 69.7 Å². The number of carbonyl (C=O) groups excluding carboxylic acids is 3. The zero-order chi connectivity index (χ0) is 23.9. The third-order valence-electron chi connectivity index (χ3n) is 5.31. The van der Waals surface area contributed by atoms with Crippen LogP contribution in [-0.4, -0.2) is 17.7 Å². The highest BCUT2D eigenvalue weighted by atomic mass is 16.5. The monoisotopic (exact) mass is 450 g/mol. The minimum atomic E-state index is -0.665. The molecular weight excluding hydrogens is 428 g/mol. The first-order valence-electron chi connectivity index (χ1n) is 10.8. The van der Waals surface area contributed by atoms with Gasteiger partial charge >= 0.3 is 11.9 Å². The Labute approximate surface area is 197 Å². The van der Waals surface area contributed by atoms with Crippen LogP contribution in [0.3, 0.4) is 0 Å². The molecule has 4 aromatic rings. The van der Waals surface area contributed by atoms with Gasteiger partial charge in [0.15, 0.2) is 5.78 Å². The number of carbonyl (C=O) groups is 3. The lowest BCUT2D eigenvalue weighted by atomic mass is 9.96. The third kappa shape index (κ3) is 5.27. The Balaban J connectivity index is 1.51. The maximum Gasteiger partial charge on any atom is 0.347 e. The van der Waals surface area contributed by atoms with Crippen LogP contribution in [0.1, 0.15) is 44.7 Å². The molecule has 1 unspecified atom stereocenters. The van der Waals surface area contributed by atoms with E-state index in [9.17, 15) is 14.4 Å².